The first-order valence-electron chi connectivity index (χ1n) is 5.84. The van der Waals surface area contributed by atoms with Gasteiger partial charge in [-0.05, 0) is 19.3 Å². The van der Waals surface area contributed by atoms with Gasteiger partial charge in [-0.25, -0.2) is 4.98 Å². The summed E-state index contributed by atoms with van der Waals surface area (Å²) in [5.41, 5.74) is 0. The SMILES string of the molecule is CCc1nccn1CCC1CCCC1=O. The van der Waals surface area contributed by atoms with Gasteiger partial charge < -0.3 is 4.57 Å². The number of imidazole rings is 1. The fraction of sp³-hybridized carbons (Fsp3) is 0.667. The summed E-state index contributed by atoms with van der Waals surface area (Å²) in [5.74, 6) is 1.91. The summed E-state index contributed by atoms with van der Waals surface area (Å²) in [5, 5.41) is 0. The molecule has 0 radical (unpaired) electrons. The van der Waals surface area contributed by atoms with Crippen LogP contribution in [0.15, 0.2) is 12.4 Å². The topological polar surface area (TPSA) is 34.9 Å². The molecular formula is C12H18N2O. The number of hydrogen-bond donors (Lipinski definition) is 0. The van der Waals surface area contributed by atoms with E-state index in [9.17, 15) is 4.79 Å². The van der Waals surface area contributed by atoms with Crippen LogP contribution in [0.1, 0.15) is 38.4 Å². The Morgan fingerprint density at radius 2 is 2.47 bits per heavy atom. The average Bonchev–Trinajstić information content (AvgIpc) is 2.83. The zero-order valence-electron chi connectivity index (χ0n) is 9.28. The van der Waals surface area contributed by atoms with Gasteiger partial charge in [-0.15, -0.1) is 0 Å². The maximum absolute atomic E-state index is 11.5. The first-order chi connectivity index (χ1) is 7.31. The minimum atomic E-state index is 0.317. The standard InChI is InChI=1S/C12H18N2O/c1-2-12-13-7-9-14(12)8-6-10-4-3-5-11(10)15/h7,9-10H,2-6,8H2,1H3. The Labute approximate surface area is 90.5 Å². The molecule has 2 rings (SSSR count). The molecule has 1 unspecified atom stereocenters. The van der Waals surface area contributed by atoms with Crippen LogP contribution in [0, 0.1) is 5.92 Å². The van der Waals surface area contributed by atoms with Crippen molar-refractivity contribution in [1.82, 2.24) is 9.55 Å². The normalized spacial score (nSPS) is 21.1. The second kappa shape index (κ2) is 4.60. The van der Waals surface area contributed by atoms with E-state index < -0.39 is 0 Å². The summed E-state index contributed by atoms with van der Waals surface area (Å²) in [6.07, 6.45) is 8.79. The summed E-state index contributed by atoms with van der Waals surface area (Å²) in [6.45, 7) is 3.05. The summed E-state index contributed by atoms with van der Waals surface area (Å²) in [7, 11) is 0. The minimum Gasteiger partial charge on any atom is -0.335 e. The predicted molar refractivity (Wildman–Crippen MR) is 58.6 cm³/mol. The molecule has 0 saturated heterocycles. The molecule has 0 spiro atoms. The van der Waals surface area contributed by atoms with Crippen molar-refractivity contribution in [2.45, 2.75) is 45.6 Å². The van der Waals surface area contributed by atoms with E-state index in [1.165, 1.54) is 0 Å². The van der Waals surface area contributed by atoms with Crippen LogP contribution in [0.5, 0.6) is 0 Å². The molecular weight excluding hydrogens is 188 g/mol. The van der Waals surface area contributed by atoms with Crippen LogP contribution in [0.4, 0.5) is 0 Å². The molecule has 1 aliphatic rings. The number of rotatable bonds is 4. The van der Waals surface area contributed by atoms with E-state index in [4.69, 9.17) is 0 Å². The smallest absolute Gasteiger partial charge is 0.136 e. The molecule has 1 aromatic heterocycles. The molecule has 1 fully saturated rings. The lowest BCUT2D eigenvalue weighted by Gasteiger charge is -2.10. The lowest BCUT2D eigenvalue weighted by molar-refractivity contribution is -0.120. The number of hydrogen-bond acceptors (Lipinski definition) is 2. The van der Waals surface area contributed by atoms with Crippen LogP contribution in [0.3, 0.4) is 0 Å². The molecule has 3 nitrogen and oxygen atoms in total. The Morgan fingerprint density at radius 1 is 1.60 bits per heavy atom. The van der Waals surface area contributed by atoms with Gasteiger partial charge in [0, 0.05) is 37.7 Å². The highest BCUT2D eigenvalue weighted by molar-refractivity contribution is 5.82. The van der Waals surface area contributed by atoms with Crippen LogP contribution >= 0.6 is 0 Å². The van der Waals surface area contributed by atoms with Gasteiger partial charge in [0.05, 0.1) is 0 Å². The van der Waals surface area contributed by atoms with Gasteiger partial charge in [0.15, 0.2) is 0 Å². The van der Waals surface area contributed by atoms with Crippen LogP contribution in [0.2, 0.25) is 0 Å². The third kappa shape index (κ3) is 2.28. The Morgan fingerprint density at radius 3 is 3.13 bits per heavy atom. The van der Waals surface area contributed by atoms with Crippen molar-refractivity contribution in [3.05, 3.63) is 18.2 Å². The van der Waals surface area contributed by atoms with Crippen LogP contribution in [-0.4, -0.2) is 15.3 Å². The van der Waals surface area contributed by atoms with E-state index in [-0.39, 0.29) is 0 Å². The average molecular weight is 206 g/mol. The fourth-order valence-corrected chi connectivity index (χ4v) is 2.35. The van der Waals surface area contributed by atoms with Crippen molar-refractivity contribution in [3.8, 4) is 0 Å². The first kappa shape index (κ1) is 10.4. The summed E-state index contributed by atoms with van der Waals surface area (Å²) in [6, 6.07) is 0. The van der Waals surface area contributed by atoms with Crippen molar-refractivity contribution < 1.29 is 4.79 Å². The maximum Gasteiger partial charge on any atom is 0.136 e. The molecule has 1 heterocycles. The van der Waals surface area contributed by atoms with E-state index in [1.54, 1.807) is 0 Å². The number of carbonyl (C=O) groups excluding carboxylic acids is 1. The van der Waals surface area contributed by atoms with E-state index >= 15 is 0 Å². The second-order valence-corrected chi connectivity index (χ2v) is 4.23. The van der Waals surface area contributed by atoms with Crippen molar-refractivity contribution in [1.29, 1.82) is 0 Å². The largest absolute Gasteiger partial charge is 0.335 e. The van der Waals surface area contributed by atoms with Gasteiger partial charge in [0.2, 0.25) is 0 Å². The summed E-state index contributed by atoms with van der Waals surface area (Å²) < 4.78 is 2.17. The summed E-state index contributed by atoms with van der Waals surface area (Å²) in [4.78, 5) is 15.7. The monoisotopic (exact) mass is 206 g/mol. The van der Waals surface area contributed by atoms with E-state index in [0.717, 1.165) is 44.5 Å². The van der Waals surface area contributed by atoms with Crippen molar-refractivity contribution in [3.63, 3.8) is 0 Å². The Kier molecular flexibility index (Phi) is 3.19. The summed E-state index contributed by atoms with van der Waals surface area (Å²) >= 11 is 0. The van der Waals surface area contributed by atoms with Crippen molar-refractivity contribution in [2.24, 2.45) is 5.92 Å². The lowest BCUT2D eigenvalue weighted by atomic mass is 10.0. The van der Waals surface area contributed by atoms with Crippen LogP contribution in [-0.2, 0) is 17.8 Å². The zero-order valence-corrected chi connectivity index (χ0v) is 9.28. The molecule has 0 bridgehead atoms. The number of ketones is 1. The molecule has 15 heavy (non-hydrogen) atoms. The predicted octanol–water partition coefficient (Wildman–Crippen LogP) is 2.20. The van der Waals surface area contributed by atoms with Gasteiger partial charge in [0.25, 0.3) is 0 Å². The molecule has 0 aliphatic heterocycles. The Hall–Kier alpha value is -1.12. The number of aromatic nitrogens is 2. The lowest BCUT2D eigenvalue weighted by Crippen LogP contribution is -2.11. The van der Waals surface area contributed by atoms with Crippen LogP contribution in [0.25, 0.3) is 0 Å². The Balaban J connectivity index is 1.90. The minimum absolute atomic E-state index is 0.317. The molecule has 1 atom stereocenters. The highest BCUT2D eigenvalue weighted by atomic mass is 16.1. The van der Waals surface area contributed by atoms with Gasteiger partial charge in [-0.3, -0.25) is 4.79 Å². The van der Waals surface area contributed by atoms with Crippen molar-refractivity contribution in [2.75, 3.05) is 0 Å². The third-order valence-corrected chi connectivity index (χ3v) is 3.27. The number of nitrogens with zero attached hydrogens (tertiary/aromatic N) is 2. The number of aryl methyl sites for hydroxylation is 2. The highest BCUT2D eigenvalue weighted by Gasteiger charge is 2.23. The zero-order chi connectivity index (χ0) is 10.7. The van der Waals surface area contributed by atoms with Gasteiger partial charge in [0.1, 0.15) is 11.6 Å². The third-order valence-electron chi connectivity index (χ3n) is 3.27. The molecule has 0 aromatic carbocycles. The van der Waals surface area contributed by atoms with Gasteiger partial charge in [-0.2, -0.15) is 0 Å². The molecule has 1 saturated carbocycles. The van der Waals surface area contributed by atoms with Crippen LogP contribution < -0.4 is 0 Å². The number of carbonyl (C=O) groups is 1. The quantitative estimate of drug-likeness (QED) is 0.757. The van der Waals surface area contributed by atoms with E-state index in [1.807, 2.05) is 12.4 Å². The Bertz CT molecular complexity index is 343. The molecule has 1 aliphatic carbocycles. The molecule has 3 heteroatoms. The first-order valence-corrected chi connectivity index (χ1v) is 5.84. The van der Waals surface area contributed by atoms with Gasteiger partial charge >= 0.3 is 0 Å². The molecule has 82 valence electrons. The van der Waals surface area contributed by atoms with E-state index in [2.05, 4.69) is 16.5 Å². The molecule has 1 aromatic rings. The maximum atomic E-state index is 11.5. The highest BCUT2D eigenvalue weighted by Crippen LogP contribution is 2.24. The van der Waals surface area contributed by atoms with Gasteiger partial charge in [-0.1, -0.05) is 6.92 Å². The second-order valence-electron chi connectivity index (χ2n) is 4.23. The molecule has 0 N–H and O–H groups in total. The van der Waals surface area contributed by atoms with E-state index in [0.29, 0.717) is 11.7 Å². The van der Waals surface area contributed by atoms with Crippen molar-refractivity contribution >= 4 is 5.78 Å². The molecule has 0 amide bonds. The number of Topliss-reactive ketones (excluding diaryl/α,β-unsaturated/α-hetero) is 1. The fourth-order valence-electron chi connectivity index (χ4n) is 2.35.